The summed E-state index contributed by atoms with van der Waals surface area (Å²) in [4.78, 5) is 18.7. The first-order chi connectivity index (χ1) is 11.5. The number of carbonyl (C=O) groups excluding carboxylic acids is 1. The number of pyridine rings is 1. The minimum Gasteiger partial charge on any atom is -0.335 e. The third kappa shape index (κ3) is 4.29. The molecule has 1 heterocycles. The van der Waals surface area contributed by atoms with Gasteiger partial charge in [-0.1, -0.05) is 35.9 Å². The molecule has 0 spiro atoms. The van der Waals surface area contributed by atoms with E-state index in [4.69, 9.17) is 0 Å². The second kappa shape index (κ2) is 7.26. The number of rotatable bonds is 6. The molecule has 1 saturated carbocycles. The molecule has 1 fully saturated rings. The van der Waals surface area contributed by atoms with E-state index >= 15 is 0 Å². The highest BCUT2D eigenvalue weighted by molar-refractivity contribution is 7.85. The Bertz CT molecular complexity index is 737. The normalized spacial score (nSPS) is 15.1. The maximum atomic E-state index is 12.7. The maximum Gasteiger partial charge on any atom is 0.236 e. The molecule has 0 aliphatic heterocycles. The van der Waals surface area contributed by atoms with Crippen LogP contribution in [0.3, 0.4) is 0 Å². The first-order valence-corrected chi connectivity index (χ1v) is 9.51. The zero-order valence-corrected chi connectivity index (χ0v) is 14.9. The number of aryl methyl sites for hydroxylation is 2. The summed E-state index contributed by atoms with van der Waals surface area (Å²) in [5, 5.41) is 0.472. The Balaban J connectivity index is 1.67. The predicted molar refractivity (Wildman–Crippen MR) is 95.0 cm³/mol. The van der Waals surface area contributed by atoms with Crippen LogP contribution in [0.1, 0.15) is 29.5 Å². The fourth-order valence-electron chi connectivity index (χ4n) is 2.56. The highest BCUT2D eigenvalue weighted by Crippen LogP contribution is 2.28. The fraction of sp³-hybridized carbons (Fsp3) is 0.368. The van der Waals surface area contributed by atoms with E-state index in [1.807, 2.05) is 24.8 Å². The Hall–Kier alpha value is -2.01. The van der Waals surface area contributed by atoms with Crippen LogP contribution in [-0.2, 0) is 22.1 Å². The van der Waals surface area contributed by atoms with Crippen LogP contribution in [0, 0.1) is 13.8 Å². The van der Waals surface area contributed by atoms with Gasteiger partial charge >= 0.3 is 0 Å². The number of carbonyl (C=O) groups is 1. The topological polar surface area (TPSA) is 50.3 Å². The molecule has 1 aliphatic rings. The van der Waals surface area contributed by atoms with Gasteiger partial charge in [-0.2, -0.15) is 0 Å². The van der Waals surface area contributed by atoms with Crippen LogP contribution in [0.4, 0.5) is 0 Å². The highest BCUT2D eigenvalue weighted by Gasteiger charge is 2.33. The third-order valence-corrected chi connectivity index (χ3v) is 5.37. The first-order valence-electron chi connectivity index (χ1n) is 8.19. The van der Waals surface area contributed by atoms with Crippen LogP contribution >= 0.6 is 0 Å². The van der Waals surface area contributed by atoms with Crippen molar-refractivity contribution in [2.24, 2.45) is 0 Å². The van der Waals surface area contributed by atoms with Crippen LogP contribution in [0.15, 0.2) is 47.6 Å². The SMILES string of the molecule is Cc1ccc(CN(C(=O)C[S@](=O)c2ccc(C)cn2)C2CC2)cc1. The smallest absolute Gasteiger partial charge is 0.236 e. The van der Waals surface area contributed by atoms with Gasteiger partial charge in [0.25, 0.3) is 0 Å². The van der Waals surface area contributed by atoms with Crippen molar-refractivity contribution in [2.45, 2.75) is 44.3 Å². The Morgan fingerprint density at radius 3 is 2.38 bits per heavy atom. The number of hydrogen-bond acceptors (Lipinski definition) is 3. The van der Waals surface area contributed by atoms with Gasteiger partial charge in [0.15, 0.2) is 0 Å². The van der Waals surface area contributed by atoms with Gasteiger partial charge in [-0.05, 0) is 43.9 Å². The quantitative estimate of drug-likeness (QED) is 0.811. The summed E-state index contributed by atoms with van der Waals surface area (Å²) in [5.74, 6) is -0.0582. The first kappa shape index (κ1) is 16.8. The molecule has 1 atom stereocenters. The van der Waals surface area contributed by atoms with Crippen molar-refractivity contribution in [3.63, 3.8) is 0 Å². The molecule has 1 aromatic heterocycles. The van der Waals surface area contributed by atoms with Gasteiger partial charge in [0.2, 0.25) is 5.91 Å². The van der Waals surface area contributed by atoms with E-state index in [9.17, 15) is 9.00 Å². The molecule has 0 saturated heterocycles. The largest absolute Gasteiger partial charge is 0.335 e. The average Bonchev–Trinajstić information content (AvgIpc) is 3.39. The molecular formula is C19H22N2O2S. The maximum absolute atomic E-state index is 12.7. The molecule has 1 amide bonds. The molecule has 126 valence electrons. The van der Waals surface area contributed by atoms with Crippen molar-refractivity contribution in [1.82, 2.24) is 9.88 Å². The minimum atomic E-state index is -1.40. The lowest BCUT2D eigenvalue weighted by atomic mass is 10.1. The van der Waals surface area contributed by atoms with Crippen molar-refractivity contribution < 1.29 is 9.00 Å². The van der Waals surface area contributed by atoms with Crippen LogP contribution in [0.25, 0.3) is 0 Å². The van der Waals surface area contributed by atoms with E-state index in [0.29, 0.717) is 17.6 Å². The summed E-state index contributed by atoms with van der Waals surface area (Å²) in [5.41, 5.74) is 3.33. The average molecular weight is 342 g/mol. The fourth-order valence-corrected chi connectivity index (χ4v) is 3.48. The number of aromatic nitrogens is 1. The molecule has 0 radical (unpaired) electrons. The third-order valence-electron chi connectivity index (χ3n) is 4.15. The van der Waals surface area contributed by atoms with Crippen LogP contribution < -0.4 is 0 Å². The van der Waals surface area contributed by atoms with Gasteiger partial charge in [0, 0.05) is 18.8 Å². The molecule has 24 heavy (non-hydrogen) atoms. The van der Waals surface area contributed by atoms with Gasteiger partial charge in [-0.15, -0.1) is 0 Å². The molecule has 4 nitrogen and oxygen atoms in total. The number of hydrogen-bond donors (Lipinski definition) is 0. The molecule has 0 bridgehead atoms. The number of benzene rings is 1. The molecular weight excluding hydrogens is 320 g/mol. The van der Waals surface area contributed by atoms with Gasteiger partial charge in [0.1, 0.15) is 10.8 Å². The Labute approximate surface area is 145 Å². The highest BCUT2D eigenvalue weighted by atomic mass is 32.2. The van der Waals surface area contributed by atoms with Crippen molar-refractivity contribution in [3.8, 4) is 0 Å². The summed E-state index contributed by atoms with van der Waals surface area (Å²) in [6, 6.07) is 12.1. The molecule has 1 aliphatic carbocycles. The van der Waals surface area contributed by atoms with E-state index in [-0.39, 0.29) is 11.7 Å². The lowest BCUT2D eigenvalue weighted by Crippen LogP contribution is -2.36. The molecule has 0 unspecified atom stereocenters. The second-order valence-corrected chi connectivity index (χ2v) is 7.80. The van der Waals surface area contributed by atoms with E-state index in [2.05, 4.69) is 29.2 Å². The summed E-state index contributed by atoms with van der Waals surface area (Å²) >= 11 is 0. The summed E-state index contributed by atoms with van der Waals surface area (Å²) < 4.78 is 12.4. The zero-order chi connectivity index (χ0) is 17.1. The van der Waals surface area contributed by atoms with Crippen LogP contribution in [-0.4, -0.2) is 31.8 Å². The predicted octanol–water partition coefficient (Wildman–Crippen LogP) is 3.00. The Morgan fingerprint density at radius 1 is 1.12 bits per heavy atom. The minimum absolute atomic E-state index is 0.00157. The van der Waals surface area contributed by atoms with Crippen molar-refractivity contribution in [1.29, 1.82) is 0 Å². The summed E-state index contributed by atoms with van der Waals surface area (Å²) in [7, 11) is -1.40. The molecule has 1 aromatic carbocycles. The monoisotopic (exact) mass is 342 g/mol. The van der Waals surface area contributed by atoms with E-state index in [1.54, 1.807) is 12.3 Å². The van der Waals surface area contributed by atoms with Gasteiger partial charge in [-0.3, -0.25) is 9.00 Å². The van der Waals surface area contributed by atoms with Crippen molar-refractivity contribution >= 4 is 16.7 Å². The van der Waals surface area contributed by atoms with E-state index < -0.39 is 10.8 Å². The van der Waals surface area contributed by atoms with Gasteiger partial charge < -0.3 is 4.90 Å². The molecule has 5 heteroatoms. The van der Waals surface area contributed by atoms with E-state index in [1.165, 1.54) is 5.56 Å². The van der Waals surface area contributed by atoms with Crippen molar-refractivity contribution in [2.75, 3.05) is 5.75 Å². The zero-order valence-electron chi connectivity index (χ0n) is 14.1. The second-order valence-electron chi connectivity index (χ2n) is 6.40. The lowest BCUT2D eigenvalue weighted by Gasteiger charge is -2.22. The standard InChI is InChI=1S/C19H22N2O2S/c1-14-3-6-16(7-4-14)12-21(17-8-9-17)19(22)13-24(23)18-10-5-15(2)11-20-18/h3-7,10-11,17H,8-9,12-13H2,1-2H3/t24-/m0/s1. The summed E-state index contributed by atoms with van der Waals surface area (Å²) in [6.45, 7) is 4.56. The molecule has 3 rings (SSSR count). The van der Waals surface area contributed by atoms with Crippen molar-refractivity contribution in [3.05, 3.63) is 59.3 Å². The van der Waals surface area contributed by atoms with E-state index in [0.717, 1.165) is 24.0 Å². The molecule has 0 N–H and O–H groups in total. The Kier molecular flexibility index (Phi) is 5.09. The summed E-state index contributed by atoms with van der Waals surface area (Å²) in [6.07, 6.45) is 3.75. The molecule has 2 aromatic rings. The number of nitrogens with zero attached hydrogens (tertiary/aromatic N) is 2. The van der Waals surface area contributed by atoms with Crippen LogP contribution in [0.5, 0.6) is 0 Å². The Morgan fingerprint density at radius 2 is 1.79 bits per heavy atom. The lowest BCUT2D eigenvalue weighted by molar-refractivity contribution is -0.129. The van der Waals surface area contributed by atoms with Gasteiger partial charge in [0.05, 0.1) is 10.8 Å². The van der Waals surface area contributed by atoms with Gasteiger partial charge in [-0.25, -0.2) is 4.98 Å². The number of amides is 1. The van der Waals surface area contributed by atoms with Crippen LogP contribution in [0.2, 0.25) is 0 Å².